The third kappa shape index (κ3) is 3.35. The summed E-state index contributed by atoms with van der Waals surface area (Å²) < 4.78 is 23.4. The number of methoxy groups -OCH3 is 1. The Hall–Kier alpha value is -3.66. The third-order valence-electron chi connectivity index (χ3n) is 9.53. The van der Waals surface area contributed by atoms with Crippen LogP contribution in [-0.2, 0) is 16.8 Å². The van der Waals surface area contributed by atoms with Crippen LogP contribution in [-0.4, -0.2) is 51.4 Å². The zero-order valence-electron chi connectivity index (χ0n) is 22.4. The van der Waals surface area contributed by atoms with Gasteiger partial charge in [0.1, 0.15) is 22.7 Å². The van der Waals surface area contributed by atoms with Gasteiger partial charge in [-0.2, -0.15) is 5.10 Å². The molecule has 4 aromatic rings. The molecular formula is C31H25Cl2FN4O4. The number of aromatic nitrogens is 2. The first-order valence-corrected chi connectivity index (χ1v) is 14.6. The number of rotatable bonds is 5. The van der Waals surface area contributed by atoms with E-state index in [2.05, 4.69) is 10.2 Å². The molecule has 2 fully saturated rings. The zero-order chi connectivity index (χ0) is 29.1. The highest BCUT2D eigenvalue weighted by Gasteiger charge is 2.69. The van der Waals surface area contributed by atoms with E-state index in [1.54, 1.807) is 30.3 Å². The lowest BCUT2D eigenvalue weighted by Crippen LogP contribution is -2.53. The molecule has 4 atom stereocenters. The van der Waals surface area contributed by atoms with Gasteiger partial charge in [0, 0.05) is 52.3 Å². The molecule has 2 N–H and O–H groups in total. The minimum absolute atomic E-state index is 0.00925. The number of anilines is 1. The van der Waals surface area contributed by atoms with Crippen LogP contribution in [0.25, 0.3) is 10.9 Å². The average Bonchev–Trinajstić information content (AvgIpc) is 3.41. The number of fused-ring (bicyclic) bond motifs is 7. The Morgan fingerprint density at radius 2 is 2.02 bits per heavy atom. The molecule has 1 amide bonds. The zero-order valence-corrected chi connectivity index (χ0v) is 23.9. The maximum atomic E-state index is 16.1. The molecule has 1 spiro atoms. The first-order valence-electron chi connectivity index (χ1n) is 13.9. The molecule has 3 aliphatic heterocycles. The third-order valence-corrected chi connectivity index (χ3v) is 10.1. The van der Waals surface area contributed by atoms with E-state index in [1.807, 2.05) is 10.7 Å². The maximum absolute atomic E-state index is 16.1. The Labute approximate surface area is 250 Å². The van der Waals surface area contributed by atoms with Gasteiger partial charge in [-0.15, -0.1) is 0 Å². The number of carbonyl (C=O) groups excluding carboxylic acids is 1. The van der Waals surface area contributed by atoms with Crippen molar-refractivity contribution < 1.29 is 23.8 Å². The highest BCUT2D eigenvalue weighted by atomic mass is 35.5. The summed E-state index contributed by atoms with van der Waals surface area (Å²) in [6.45, 7) is 0.671. The van der Waals surface area contributed by atoms with Crippen molar-refractivity contribution in [1.82, 2.24) is 14.7 Å². The van der Waals surface area contributed by atoms with E-state index in [1.165, 1.54) is 19.2 Å². The molecule has 11 heteroatoms. The first kappa shape index (κ1) is 26.0. The van der Waals surface area contributed by atoms with Gasteiger partial charge in [-0.3, -0.25) is 14.4 Å². The number of aromatic carboxylic acids is 1. The minimum atomic E-state index is -1.23. The van der Waals surface area contributed by atoms with E-state index in [9.17, 15) is 14.7 Å². The summed E-state index contributed by atoms with van der Waals surface area (Å²) in [6.07, 6.45) is 2.68. The van der Waals surface area contributed by atoms with Gasteiger partial charge >= 0.3 is 5.97 Å². The number of carbonyl (C=O) groups is 2. The Bertz CT molecular complexity index is 1860. The quantitative estimate of drug-likeness (QED) is 0.289. The molecule has 1 saturated carbocycles. The van der Waals surface area contributed by atoms with Gasteiger partial charge < -0.3 is 15.2 Å². The maximum Gasteiger partial charge on any atom is 0.339 e. The van der Waals surface area contributed by atoms with Crippen molar-refractivity contribution in [3.63, 3.8) is 0 Å². The van der Waals surface area contributed by atoms with Crippen LogP contribution < -0.4 is 10.1 Å². The summed E-state index contributed by atoms with van der Waals surface area (Å²) in [5.74, 6) is -1.94. The van der Waals surface area contributed by atoms with Gasteiger partial charge in [0.15, 0.2) is 0 Å². The van der Waals surface area contributed by atoms with Gasteiger partial charge in [0.05, 0.1) is 23.7 Å². The Kier molecular flexibility index (Phi) is 5.52. The van der Waals surface area contributed by atoms with E-state index in [0.29, 0.717) is 40.7 Å². The Morgan fingerprint density at radius 3 is 2.76 bits per heavy atom. The highest BCUT2D eigenvalue weighted by Crippen LogP contribution is 2.64. The fraction of sp³-hybridized carbons (Fsp3) is 0.323. The van der Waals surface area contributed by atoms with Crippen molar-refractivity contribution in [1.29, 1.82) is 0 Å². The van der Waals surface area contributed by atoms with E-state index in [-0.39, 0.29) is 28.3 Å². The lowest BCUT2D eigenvalue weighted by atomic mass is 9.73. The molecule has 1 saturated heterocycles. The lowest BCUT2D eigenvalue weighted by molar-refractivity contribution is -0.128. The normalized spacial score (nSPS) is 26.0. The summed E-state index contributed by atoms with van der Waals surface area (Å²) in [5, 5.41) is 19.0. The second kappa shape index (κ2) is 8.92. The molecule has 0 radical (unpaired) electrons. The fourth-order valence-corrected chi connectivity index (χ4v) is 8.06. The number of amides is 1. The van der Waals surface area contributed by atoms with Crippen LogP contribution >= 0.6 is 23.2 Å². The number of halogens is 3. The summed E-state index contributed by atoms with van der Waals surface area (Å²) in [5.41, 5.74) is 1.88. The summed E-state index contributed by atoms with van der Waals surface area (Å²) in [7, 11) is 1.44. The first-order chi connectivity index (χ1) is 20.2. The van der Waals surface area contributed by atoms with Crippen LogP contribution in [0.1, 0.15) is 52.0 Å². The van der Waals surface area contributed by atoms with Crippen molar-refractivity contribution >= 4 is 51.7 Å². The second-order valence-corrected chi connectivity index (χ2v) is 12.5. The number of nitrogens with one attached hydrogen (secondary N) is 1. The number of likely N-dealkylation sites (tertiary alicyclic amines) is 1. The molecule has 214 valence electrons. The number of carboxylic acid groups (broad SMARTS) is 1. The Morgan fingerprint density at radius 1 is 1.21 bits per heavy atom. The van der Waals surface area contributed by atoms with Crippen molar-refractivity contribution in [2.75, 3.05) is 19.0 Å². The largest absolute Gasteiger partial charge is 0.496 e. The number of nitrogens with zero attached hydrogens (tertiary/aromatic N) is 3. The average molecular weight is 607 g/mol. The predicted molar refractivity (Wildman–Crippen MR) is 155 cm³/mol. The lowest BCUT2D eigenvalue weighted by Gasteiger charge is -2.40. The molecule has 8 rings (SSSR count). The van der Waals surface area contributed by atoms with Crippen LogP contribution in [0.4, 0.5) is 10.1 Å². The van der Waals surface area contributed by atoms with Gasteiger partial charge in [-0.1, -0.05) is 41.4 Å². The van der Waals surface area contributed by atoms with Crippen molar-refractivity contribution in [3.05, 3.63) is 86.8 Å². The van der Waals surface area contributed by atoms with Gasteiger partial charge in [-0.25, -0.2) is 9.18 Å². The smallest absolute Gasteiger partial charge is 0.339 e. The summed E-state index contributed by atoms with van der Waals surface area (Å²) >= 11 is 12.7. The molecule has 1 aromatic heterocycles. The topological polar surface area (TPSA) is 96.7 Å². The van der Waals surface area contributed by atoms with Crippen LogP contribution in [0.3, 0.4) is 0 Å². The standard InChI is InChI=1S/C31H25Cl2FN4O4/c1-42-25-11-17-21(10-18(25)29(39)40)36-38-23(17)12-24-28(38)26(16-3-2-4-20(33)27(16)34)31(37(24)13-14-5-6-14)19-8-7-15(32)9-22(19)35-30(31)41/h2-4,7-11,14,24,26,28H,5-6,12-13H2,1H3,(H,35,41)(H,39,40)/t24-,26-,28+,31+/m0/s1. The predicted octanol–water partition coefficient (Wildman–Crippen LogP) is 6.01. The van der Waals surface area contributed by atoms with Gasteiger partial charge in [0.25, 0.3) is 0 Å². The highest BCUT2D eigenvalue weighted by molar-refractivity contribution is 6.31. The molecule has 1 aliphatic carbocycles. The van der Waals surface area contributed by atoms with E-state index >= 15 is 4.39 Å². The van der Waals surface area contributed by atoms with E-state index < -0.39 is 29.3 Å². The van der Waals surface area contributed by atoms with Gasteiger partial charge in [-0.05, 0) is 54.7 Å². The van der Waals surface area contributed by atoms with Crippen molar-refractivity contribution in [2.45, 2.75) is 42.8 Å². The molecule has 0 bridgehead atoms. The molecule has 3 aromatic carbocycles. The number of carboxylic acids is 1. The van der Waals surface area contributed by atoms with Crippen LogP contribution in [0.15, 0.2) is 48.5 Å². The fourth-order valence-electron chi connectivity index (χ4n) is 7.71. The summed E-state index contributed by atoms with van der Waals surface area (Å²) in [4.78, 5) is 28.6. The number of ether oxygens (including phenoxy) is 1. The molecule has 4 aliphatic rings. The SMILES string of the molecule is COc1cc2c3n(nc2cc1C(=O)O)[C@@H]1[C@H](C3)N(CC2CC2)[C@@]2(C(=O)Nc3cc(Cl)ccc32)[C@H]1c1cccc(Cl)c1F. The van der Waals surface area contributed by atoms with E-state index in [4.69, 9.17) is 33.0 Å². The second-order valence-electron chi connectivity index (χ2n) is 11.7. The van der Waals surface area contributed by atoms with Crippen LogP contribution in [0.2, 0.25) is 10.0 Å². The summed E-state index contributed by atoms with van der Waals surface area (Å²) in [6, 6.07) is 12.9. The van der Waals surface area contributed by atoms with E-state index in [0.717, 1.165) is 29.5 Å². The van der Waals surface area contributed by atoms with Crippen LogP contribution in [0, 0.1) is 11.7 Å². The molecule has 4 heterocycles. The molecular weight excluding hydrogens is 582 g/mol. The minimum Gasteiger partial charge on any atom is -0.496 e. The molecule has 8 nitrogen and oxygen atoms in total. The van der Waals surface area contributed by atoms with Crippen LogP contribution in [0.5, 0.6) is 5.75 Å². The number of hydrogen-bond donors (Lipinski definition) is 2. The monoisotopic (exact) mass is 606 g/mol. The number of hydrogen-bond acceptors (Lipinski definition) is 5. The van der Waals surface area contributed by atoms with Crippen molar-refractivity contribution in [2.24, 2.45) is 5.92 Å². The molecule has 42 heavy (non-hydrogen) atoms. The van der Waals surface area contributed by atoms with Crippen molar-refractivity contribution in [3.8, 4) is 5.75 Å². The number of benzene rings is 3. The van der Waals surface area contributed by atoms with Gasteiger partial charge in [0.2, 0.25) is 5.91 Å². The Balaban J connectivity index is 1.42. The molecule has 0 unspecified atom stereocenters.